The highest BCUT2D eigenvalue weighted by atomic mass is 32.2. The van der Waals surface area contributed by atoms with Crippen LogP contribution in [-0.2, 0) is 9.84 Å². The molecule has 0 amide bonds. The number of rotatable bonds is 5. The van der Waals surface area contributed by atoms with Crippen LogP contribution in [0.15, 0.2) is 59.8 Å². The number of alkyl halides is 2. The molecule has 0 unspecified atom stereocenters. The molecular formula is C21H16F2N2O3S. The van der Waals surface area contributed by atoms with E-state index in [-0.39, 0.29) is 21.8 Å². The second-order valence-corrected chi connectivity index (χ2v) is 8.27. The number of halogens is 2. The third-order valence-electron chi connectivity index (χ3n) is 4.35. The molecule has 5 nitrogen and oxygen atoms in total. The van der Waals surface area contributed by atoms with Crippen molar-refractivity contribution in [2.45, 2.75) is 11.3 Å². The van der Waals surface area contributed by atoms with E-state index in [0.29, 0.717) is 22.3 Å². The summed E-state index contributed by atoms with van der Waals surface area (Å²) in [6, 6.07) is 12.0. The van der Waals surface area contributed by atoms with Gasteiger partial charge in [0.25, 0.3) is 6.43 Å². The lowest BCUT2D eigenvalue weighted by Crippen LogP contribution is -2.03. The maximum Gasteiger partial charge on any atom is 0.263 e. The number of pyridine rings is 1. The Morgan fingerprint density at radius 1 is 1.07 bits per heavy atom. The number of hydrogen-bond donors (Lipinski definition) is 0. The molecule has 3 rings (SSSR count). The molecule has 1 heterocycles. The van der Waals surface area contributed by atoms with E-state index >= 15 is 0 Å². The van der Waals surface area contributed by atoms with E-state index in [1.165, 1.54) is 49.8 Å². The predicted molar refractivity (Wildman–Crippen MR) is 104 cm³/mol. The van der Waals surface area contributed by atoms with E-state index in [4.69, 9.17) is 10.00 Å². The molecule has 0 saturated carbocycles. The highest BCUT2D eigenvalue weighted by Gasteiger charge is 2.23. The molecule has 8 heteroatoms. The molecule has 0 aliphatic heterocycles. The van der Waals surface area contributed by atoms with E-state index in [1.807, 2.05) is 6.07 Å². The van der Waals surface area contributed by atoms with Crippen molar-refractivity contribution in [3.63, 3.8) is 0 Å². The molecule has 0 radical (unpaired) electrons. The Balaban J connectivity index is 2.33. The van der Waals surface area contributed by atoms with Crippen LogP contribution in [0.3, 0.4) is 0 Å². The Bertz CT molecular complexity index is 1200. The zero-order valence-electron chi connectivity index (χ0n) is 15.6. The first-order valence-electron chi connectivity index (χ1n) is 8.41. The number of sulfone groups is 1. The maximum atomic E-state index is 12.9. The Morgan fingerprint density at radius 3 is 2.31 bits per heavy atom. The number of hydrogen-bond acceptors (Lipinski definition) is 5. The first-order chi connectivity index (χ1) is 13.8. The minimum absolute atomic E-state index is 0.00675. The summed E-state index contributed by atoms with van der Waals surface area (Å²) in [5, 5.41) is 9.13. The topological polar surface area (TPSA) is 80.0 Å². The second kappa shape index (κ2) is 7.97. The van der Waals surface area contributed by atoms with Gasteiger partial charge in [-0.05, 0) is 23.8 Å². The van der Waals surface area contributed by atoms with Gasteiger partial charge in [-0.15, -0.1) is 0 Å². The summed E-state index contributed by atoms with van der Waals surface area (Å²) < 4.78 is 56.2. The lowest BCUT2D eigenvalue weighted by Gasteiger charge is -2.18. The number of nitrogens with zero attached hydrogens (tertiary/aromatic N) is 2. The smallest absolute Gasteiger partial charge is 0.263 e. The number of methoxy groups -OCH3 is 1. The zero-order valence-corrected chi connectivity index (χ0v) is 16.4. The van der Waals surface area contributed by atoms with Crippen LogP contribution in [0.5, 0.6) is 5.75 Å². The van der Waals surface area contributed by atoms with Crippen LogP contribution < -0.4 is 4.74 Å². The van der Waals surface area contributed by atoms with Gasteiger partial charge in [-0.25, -0.2) is 17.2 Å². The normalized spacial score (nSPS) is 11.3. The molecule has 1 aromatic heterocycles. The van der Waals surface area contributed by atoms with Crippen LogP contribution in [0.1, 0.15) is 17.6 Å². The third kappa shape index (κ3) is 4.10. The van der Waals surface area contributed by atoms with Gasteiger partial charge in [-0.1, -0.05) is 24.3 Å². The molecule has 0 bridgehead atoms. The molecule has 3 aromatic rings. The fourth-order valence-electron chi connectivity index (χ4n) is 3.03. The van der Waals surface area contributed by atoms with Crippen LogP contribution in [0.2, 0.25) is 0 Å². The van der Waals surface area contributed by atoms with Crippen molar-refractivity contribution >= 4 is 9.84 Å². The van der Waals surface area contributed by atoms with Crippen LogP contribution in [-0.4, -0.2) is 26.8 Å². The fraction of sp³-hybridized carbons (Fsp3) is 0.143. The highest BCUT2D eigenvalue weighted by Crippen LogP contribution is 2.43. The largest absolute Gasteiger partial charge is 0.495 e. The Kier molecular flexibility index (Phi) is 5.62. The average molecular weight is 414 g/mol. The van der Waals surface area contributed by atoms with E-state index in [1.54, 1.807) is 12.1 Å². The van der Waals surface area contributed by atoms with Crippen molar-refractivity contribution in [1.82, 2.24) is 4.98 Å². The average Bonchev–Trinajstić information content (AvgIpc) is 2.72. The number of ether oxygens (including phenoxy) is 1. The SMILES string of the molecule is COc1c(-c2cncc(C#N)c2)ccc(S(C)(=O)=O)c1-c1ccc(C(F)F)cc1. The van der Waals surface area contributed by atoms with Gasteiger partial charge >= 0.3 is 0 Å². The van der Waals surface area contributed by atoms with Crippen molar-refractivity contribution in [3.8, 4) is 34.1 Å². The lowest BCUT2D eigenvalue weighted by molar-refractivity contribution is 0.151. The number of nitriles is 1. The highest BCUT2D eigenvalue weighted by molar-refractivity contribution is 7.90. The molecule has 0 aliphatic carbocycles. The number of benzene rings is 2. The molecule has 0 spiro atoms. The van der Waals surface area contributed by atoms with Crippen molar-refractivity contribution < 1.29 is 21.9 Å². The third-order valence-corrected chi connectivity index (χ3v) is 5.49. The summed E-state index contributed by atoms with van der Waals surface area (Å²) in [6.45, 7) is 0. The van der Waals surface area contributed by atoms with Gasteiger partial charge < -0.3 is 4.74 Å². The molecule has 0 N–H and O–H groups in total. The van der Waals surface area contributed by atoms with Crippen molar-refractivity contribution in [2.24, 2.45) is 0 Å². The summed E-state index contributed by atoms with van der Waals surface area (Å²) in [5.74, 6) is 0.245. The molecule has 0 aliphatic rings. The molecule has 2 aromatic carbocycles. The molecule has 148 valence electrons. The van der Waals surface area contributed by atoms with Gasteiger partial charge in [-0.2, -0.15) is 5.26 Å². The van der Waals surface area contributed by atoms with Crippen molar-refractivity contribution in [1.29, 1.82) is 5.26 Å². The summed E-state index contributed by atoms with van der Waals surface area (Å²) in [6.07, 6.45) is 1.37. The van der Waals surface area contributed by atoms with E-state index < -0.39 is 16.3 Å². The Labute approximate surface area is 167 Å². The van der Waals surface area contributed by atoms with Crippen LogP contribution >= 0.6 is 0 Å². The van der Waals surface area contributed by atoms with Gasteiger partial charge in [0, 0.05) is 40.9 Å². The zero-order chi connectivity index (χ0) is 21.2. The Hall–Kier alpha value is -3.31. The minimum atomic E-state index is -3.65. The predicted octanol–water partition coefficient (Wildman–Crippen LogP) is 4.64. The summed E-state index contributed by atoms with van der Waals surface area (Å²) >= 11 is 0. The van der Waals surface area contributed by atoms with E-state index in [2.05, 4.69) is 4.98 Å². The first kappa shape index (κ1) is 20.4. The van der Waals surface area contributed by atoms with Gasteiger partial charge in [0.05, 0.1) is 17.6 Å². The van der Waals surface area contributed by atoms with Gasteiger partial charge in [-0.3, -0.25) is 4.98 Å². The van der Waals surface area contributed by atoms with Gasteiger partial charge in [0.2, 0.25) is 0 Å². The fourth-order valence-corrected chi connectivity index (χ4v) is 3.93. The van der Waals surface area contributed by atoms with Crippen molar-refractivity contribution in [2.75, 3.05) is 13.4 Å². The van der Waals surface area contributed by atoms with Gasteiger partial charge in [0.1, 0.15) is 11.8 Å². The summed E-state index contributed by atoms with van der Waals surface area (Å²) in [5.41, 5.74) is 1.92. The number of aromatic nitrogens is 1. The Morgan fingerprint density at radius 2 is 1.76 bits per heavy atom. The van der Waals surface area contributed by atoms with Crippen LogP contribution in [0.25, 0.3) is 22.3 Å². The minimum Gasteiger partial charge on any atom is -0.495 e. The van der Waals surface area contributed by atoms with E-state index in [9.17, 15) is 17.2 Å². The monoisotopic (exact) mass is 414 g/mol. The van der Waals surface area contributed by atoms with Gasteiger partial charge in [0.15, 0.2) is 9.84 Å². The molecule has 0 fully saturated rings. The lowest BCUT2D eigenvalue weighted by atomic mass is 9.96. The van der Waals surface area contributed by atoms with E-state index in [0.717, 1.165) is 6.26 Å². The maximum absolute atomic E-state index is 12.9. The standard InChI is InChI=1S/C21H16F2N2O3S/c1-28-20-17(16-9-13(10-24)11-25-12-16)7-8-18(29(2,26)27)19(20)14-3-5-15(6-4-14)21(22)23/h3-9,11-12,21H,1-2H3. The summed E-state index contributed by atoms with van der Waals surface area (Å²) in [4.78, 5) is 4.04. The molecule has 29 heavy (non-hydrogen) atoms. The van der Waals surface area contributed by atoms with Crippen LogP contribution in [0.4, 0.5) is 8.78 Å². The molecule has 0 atom stereocenters. The summed E-state index contributed by atoms with van der Waals surface area (Å²) in [7, 11) is -2.26. The van der Waals surface area contributed by atoms with Crippen LogP contribution in [0, 0.1) is 11.3 Å². The van der Waals surface area contributed by atoms with Crippen molar-refractivity contribution in [3.05, 3.63) is 66.0 Å². The first-order valence-corrected chi connectivity index (χ1v) is 10.3. The quantitative estimate of drug-likeness (QED) is 0.608. The molecule has 0 saturated heterocycles. The second-order valence-electron chi connectivity index (χ2n) is 6.29. The molecular weight excluding hydrogens is 398 g/mol.